The molecule has 1 N–H and O–H groups in total. The normalized spacial score (nSPS) is 11.4. The molecular formula is C14H20O4S. The first-order chi connectivity index (χ1) is 8.96. The van der Waals surface area contributed by atoms with Crippen LogP contribution in [0.2, 0.25) is 0 Å². The summed E-state index contributed by atoms with van der Waals surface area (Å²) in [6, 6.07) is 6.26. The number of benzene rings is 1. The smallest absolute Gasteiger partial charge is 0.335 e. The van der Waals surface area contributed by atoms with E-state index in [0.29, 0.717) is 12.0 Å². The molecule has 0 aliphatic carbocycles. The molecule has 1 aromatic rings. The van der Waals surface area contributed by atoms with E-state index in [1.54, 1.807) is 18.2 Å². The molecule has 0 spiro atoms. The van der Waals surface area contributed by atoms with Crippen LogP contribution in [0.4, 0.5) is 0 Å². The van der Waals surface area contributed by atoms with Crippen LogP contribution in [0.5, 0.6) is 0 Å². The minimum Gasteiger partial charge on any atom is -0.478 e. The lowest BCUT2D eigenvalue weighted by molar-refractivity contribution is 0.0696. The van der Waals surface area contributed by atoms with E-state index in [1.165, 1.54) is 6.07 Å². The van der Waals surface area contributed by atoms with Crippen LogP contribution in [0, 0.1) is 0 Å². The van der Waals surface area contributed by atoms with Gasteiger partial charge in [-0.25, -0.2) is 13.2 Å². The molecule has 1 aromatic carbocycles. The Morgan fingerprint density at radius 1 is 1.16 bits per heavy atom. The van der Waals surface area contributed by atoms with Gasteiger partial charge in [-0.1, -0.05) is 44.4 Å². The van der Waals surface area contributed by atoms with Gasteiger partial charge in [0.05, 0.1) is 17.1 Å². The predicted octanol–water partition coefficient (Wildman–Crippen LogP) is 2.88. The Morgan fingerprint density at radius 3 is 2.47 bits per heavy atom. The van der Waals surface area contributed by atoms with E-state index in [0.717, 1.165) is 19.3 Å². The monoisotopic (exact) mass is 284 g/mol. The lowest BCUT2D eigenvalue weighted by Crippen LogP contribution is -2.12. The highest BCUT2D eigenvalue weighted by molar-refractivity contribution is 7.90. The average molecular weight is 284 g/mol. The van der Waals surface area contributed by atoms with Crippen molar-refractivity contribution in [2.45, 2.75) is 38.4 Å². The third kappa shape index (κ3) is 5.42. The van der Waals surface area contributed by atoms with E-state index in [2.05, 4.69) is 6.92 Å². The first-order valence-corrected chi connectivity index (χ1v) is 8.30. The molecule has 0 atom stereocenters. The van der Waals surface area contributed by atoms with E-state index in [1.807, 2.05) is 0 Å². The molecule has 0 saturated carbocycles. The molecule has 0 fully saturated rings. The fraction of sp³-hybridized carbons (Fsp3) is 0.500. The SMILES string of the molecule is CCCCCCS(=O)(=O)Cc1ccccc1C(=O)O. The van der Waals surface area contributed by atoms with Gasteiger partial charge in [-0.15, -0.1) is 0 Å². The van der Waals surface area contributed by atoms with E-state index < -0.39 is 15.8 Å². The number of hydrogen-bond acceptors (Lipinski definition) is 3. The molecule has 5 heteroatoms. The summed E-state index contributed by atoms with van der Waals surface area (Å²) in [6.07, 6.45) is 3.63. The van der Waals surface area contributed by atoms with Gasteiger partial charge in [0.15, 0.2) is 9.84 Å². The van der Waals surface area contributed by atoms with Gasteiger partial charge in [-0.2, -0.15) is 0 Å². The number of unbranched alkanes of at least 4 members (excludes halogenated alkanes) is 3. The van der Waals surface area contributed by atoms with E-state index >= 15 is 0 Å². The van der Waals surface area contributed by atoms with Gasteiger partial charge >= 0.3 is 5.97 Å². The second-order valence-electron chi connectivity index (χ2n) is 4.61. The van der Waals surface area contributed by atoms with Gasteiger partial charge in [0.2, 0.25) is 0 Å². The molecule has 0 bridgehead atoms. The minimum absolute atomic E-state index is 0.0691. The first-order valence-electron chi connectivity index (χ1n) is 6.48. The van der Waals surface area contributed by atoms with Gasteiger partial charge < -0.3 is 5.11 Å². The summed E-state index contributed by atoms with van der Waals surface area (Å²) in [5, 5.41) is 9.01. The standard InChI is InChI=1S/C14H20O4S/c1-2-3-4-7-10-19(17,18)11-12-8-5-6-9-13(12)14(15)16/h5-6,8-9H,2-4,7,10-11H2,1H3,(H,15,16). The van der Waals surface area contributed by atoms with Crippen molar-refractivity contribution >= 4 is 15.8 Å². The Morgan fingerprint density at radius 2 is 1.84 bits per heavy atom. The first kappa shape index (κ1) is 15.7. The van der Waals surface area contributed by atoms with Gasteiger partial charge in [0.1, 0.15) is 0 Å². The molecule has 1 rings (SSSR count). The van der Waals surface area contributed by atoms with Gasteiger partial charge in [0, 0.05) is 0 Å². The van der Waals surface area contributed by atoms with Crippen molar-refractivity contribution in [2.75, 3.05) is 5.75 Å². The largest absolute Gasteiger partial charge is 0.478 e. The highest BCUT2D eigenvalue weighted by Crippen LogP contribution is 2.14. The fourth-order valence-corrected chi connectivity index (χ4v) is 3.43. The molecule has 0 aliphatic heterocycles. The van der Waals surface area contributed by atoms with Crippen LogP contribution in [0.15, 0.2) is 24.3 Å². The molecule has 0 heterocycles. The van der Waals surface area contributed by atoms with Crippen LogP contribution in [0.3, 0.4) is 0 Å². The number of sulfone groups is 1. The molecule has 4 nitrogen and oxygen atoms in total. The predicted molar refractivity (Wildman–Crippen MR) is 75.0 cm³/mol. The van der Waals surface area contributed by atoms with Gasteiger partial charge in [0.25, 0.3) is 0 Å². The summed E-state index contributed by atoms with van der Waals surface area (Å²) in [5.41, 5.74) is 0.435. The molecule has 0 saturated heterocycles. The van der Waals surface area contributed by atoms with Crippen LogP contribution < -0.4 is 0 Å². The third-order valence-corrected chi connectivity index (χ3v) is 4.59. The number of aromatic carboxylic acids is 1. The number of hydrogen-bond donors (Lipinski definition) is 1. The number of carboxylic acid groups (broad SMARTS) is 1. The second-order valence-corrected chi connectivity index (χ2v) is 6.80. The number of carboxylic acids is 1. The van der Waals surface area contributed by atoms with Crippen molar-refractivity contribution in [3.05, 3.63) is 35.4 Å². The maximum atomic E-state index is 11.9. The third-order valence-electron chi connectivity index (χ3n) is 2.93. The van der Waals surface area contributed by atoms with E-state index in [4.69, 9.17) is 5.11 Å². The molecular weight excluding hydrogens is 264 g/mol. The number of carbonyl (C=O) groups is 1. The lowest BCUT2D eigenvalue weighted by Gasteiger charge is -2.07. The highest BCUT2D eigenvalue weighted by atomic mass is 32.2. The van der Waals surface area contributed by atoms with Gasteiger partial charge in [-0.05, 0) is 18.1 Å². The summed E-state index contributed by atoms with van der Waals surface area (Å²) in [7, 11) is -3.23. The quantitative estimate of drug-likeness (QED) is 0.745. The zero-order valence-corrected chi connectivity index (χ0v) is 11.9. The van der Waals surface area contributed by atoms with Crippen molar-refractivity contribution in [1.82, 2.24) is 0 Å². The number of rotatable bonds is 8. The molecule has 0 aromatic heterocycles. The summed E-state index contributed by atoms with van der Waals surface area (Å²) >= 11 is 0. The van der Waals surface area contributed by atoms with Gasteiger partial charge in [-0.3, -0.25) is 0 Å². The van der Waals surface area contributed by atoms with Crippen LogP contribution in [-0.2, 0) is 15.6 Å². The lowest BCUT2D eigenvalue weighted by atomic mass is 10.1. The van der Waals surface area contributed by atoms with Crippen LogP contribution in [0.1, 0.15) is 48.5 Å². The van der Waals surface area contributed by atoms with Crippen molar-refractivity contribution in [3.8, 4) is 0 Å². The average Bonchev–Trinajstić information content (AvgIpc) is 2.34. The summed E-state index contributed by atoms with van der Waals surface area (Å²) in [6.45, 7) is 2.07. The van der Waals surface area contributed by atoms with Crippen molar-refractivity contribution in [3.63, 3.8) is 0 Å². The van der Waals surface area contributed by atoms with Crippen molar-refractivity contribution in [2.24, 2.45) is 0 Å². The second kappa shape index (κ2) is 7.28. The van der Waals surface area contributed by atoms with E-state index in [-0.39, 0.29) is 17.1 Å². The Labute approximate surface area is 114 Å². The molecule has 0 unspecified atom stereocenters. The Hall–Kier alpha value is -1.36. The molecule has 0 aliphatic rings. The Balaban J connectivity index is 2.70. The van der Waals surface area contributed by atoms with E-state index in [9.17, 15) is 13.2 Å². The molecule has 0 radical (unpaired) electrons. The zero-order valence-electron chi connectivity index (χ0n) is 11.1. The van der Waals surface area contributed by atoms with Crippen molar-refractivity contribution < 1.29 is 18.3 Å². The molecule has 0 amide bonds. The minimum atomic E-state index is -3.23. The summed E-state index contributed by atoms with van der Waals surface area (Å²) in [5.74, 6) is -1.15. The Kier molecular flexibility index (Phi) is 6.02. The topological polar surface area (TPSA) is 71.4 Å². The molecule has 106 valence electrons. The highest BCUT2D eigenvalue weighted by Gasteiger charge is 2.16. The van der Waals surface area contributed by atoms with Crippen LogP contribution >= 0.6 is 0 Å². The summed E-state index contributed by atoms with van der Waals surface area (Å²) < 4.78 is 23.9. The Bertz CT molecular complexity index is 520. The zero-order chi connectivity index (χ0) is 14.3. The van der Waals surface area contributed by atoms with Crippen LogP contribution in [0.25, 0.3) is 0 Å². The maximum absolute atomic E-state index is 11.9. The summed E-state index contributed by atoms with van der Waals surface area (Å²) in [4.78, 5) is 11.0. The molecule has 19 heavy (non-hydrogen) atoms. The fourth-order valence-electron chi connectivity index (χ4n) is 1.91. The maximum Gasteiger partial charge on any atom is 0.335 e. The van der Waals surface area contributed by atoms with Crippen molar-refractivity contribution in [1.29, 1.82) is 0 Å². The van der Waals surface area contributed by atoms with Crippen LogP contribution in [-0.4, -0.2) is 25.2 Å².